The molecule has 9 heteroatoms. The van der Waals surface area contributed by atoms with Crippen molar-refractivity contribution < 1.29 is 23.5 Å². The van der Waals surface area contributed by atoms with Crippen LogP contribution in [0.15, 0.2) is 36.4 Å². The van der Waals surface area contributed by atoms with Crippen LogP contribution in [-0.4, -0.2) is 70.5 Å². The van der Waals surface area contributed by atoms with E-state index in [2.05, 4.69) is 15.2 Å². The fraction of sp³-hybridized carbons (Fsp3) is 0.333. The Hall–Kier alpha value is -3.82. The molecule has 202 valence electrons. The highest BCUT2D eigenvalue weighted by atomic mass is 19.2. The summed E-state index contributed by atoms with van der Waals surface area (Å²) in [5.74, 6) is -2.44. The van der Waals surface area contributed by atoms with E-state index in [-0.39, 0.29) is 17.4 Å². The van der Waals surface area contributed by atoms with E-state index in [9.17, 15) is 23.5 Å². The SMILES string of the molecule is Cc1c(C=C2C(=O)Nc3cccc(-c4cccc(F)c4F)c32)[nH]c2c1C(=O)N(CC1(O)CCN(C)CC1)CC2. The first kappa shape index (κ1) is 25.5. The Labute approximate surface area is 225 Å². The fourth-order valence-corrected chi connectivity index (χ4v) is 5.97. The molecule has 0 radical (unpaired) electrons. The Morgan fingerprint density at radius 1 is 1.03 bits per heavy atom. The zero-order valence-electron chi connectivity index (χ0n) is 21.9. The van der Waals surface area contributed by atoms with Crippen LogP contribution in [0.3, 0.4) is 0 Å². The minimum Gasteiger partial charge on any atom is -0.388 e. The van der Waals surface area contributed by atoms with Crippen LogP contribution < -0.4 is 5.32 Å². The molecule has 1 aromatic heterocycles. The van der Waals surface area contributed by atoms with Crippen molar-refractivity contribution in [3.05, 3.63) is 76.1 Å². The van der Waals surface area contributed by atoms with Gasteiger partial charge >= 0.3 is 0 Å². The second-order valence-electron chi connectivity index (χ2n) is 10.9. The van der Waals surface area contributed by atoms with Crippen molar-refractivity contribution in [2.45, 2.75) is 31.8 Å². The van der Waals surface area contributed by atoms with E-state index in [1.807, 2.05) is 14.0 Å². The number of aromatic nitrogens is 1. The summed E-state index contributed by atoms with van der Waals surface area (Å²) < 4.78 is 28.8. The predicted octanol–water partition coefficient (Wildman–Crippen LogP) is 4.22. The number of carbonyl (C=O) groups excluding carboxylic acids is 2. The Balaban J connectivity index is 1.35. The number of nitrogens with zero attached hydrogens (tertiary/aromatic N) is 2. The standard InChI is InChI=1S/C30H30F2N4O3/c1-17-24(33-23-9-12-36(29(38)25(17)23)16-30(39)10-13-35(2)14-11-30)15-20-26-18(5-4-8-22(26)34-28(20)37)19-6-3-7-21(31)27(19)32/h3-8,15,33,39H,9-14,16H2,1-2H3,(H,34,37). The van der Waals surface area contributed by atoms with E-state index in [1.165, 1.54) is 12.1 Å². The molecule has 0 atom stereocenters. The first-order valence-corrected chi connectivity index (χ1v) is 13.2. The van der Waals surface area contributed by atoms with E-state index in [0.29, 0.717) is 71.6 Å². The maximum absolute atomic E-state index is 14.8. The van der Waals surface area contributed by atoms with Gasteiger partial charge in [0.2, 0.25) is 0 Å². The number of carbonyl (C=O) groups is 2. The molecular weight excluding hydrogens is 502 g/mol. The molecule has 0 spiro atoms. The lowest BCUT2D eigenvalue weighted by atomic mass is 9.90. The summed E-state index contributed by atoms with van der Waals surface area (Å²) in [6.07, 6.45) is 3.51. The number of halogens is 2. The number of aromatic amines is 1. The van der Waals surface area contributed by atoms with E-state index in [0.717, 1.165) is 24.8 Å². The summed E-state index contributed by atoms with van der Waals surface area (Å²) in [5, 5.41) is 13.9. The zero-order chi connectivity index (χ0) is 27.5. The molecule has 0 saturated carbocycles. The molecule has 3 aliphatic rings. The molecule has 2 amide bonds. The molecular formula is C30H30F2N4O3. The molecule has 7 nitrogen and oxygen atoms in total. The molecule has 2 aromatic carbocycles. The summed E-state index contributed by atoms with van der Waals surface area (Å²) in [6.45, 7) is 4.19. The van der Waals surface area contributed by atoms with Gasteiger partial charge in [-0.1, -0.05) is 24.3 Å². The quantitative estimate of drug-likeness (QED) is 0.439. The maximum atomic E-state index is 14.8. The van der Waals surface area contributed by atoms with Gasteiger partial charge in [0, 0.05) is 60.8 Å². The van der Waals surface area contributed by atoms with Crippen molar-refractivity contribution in [2.24, 2.45) is 0 Å². The van der Waals surface area contributed by atoms with Crippen LogP contribution in [0.5, 0.6) is 0 Å². The number of amides is 2. The Morgan fingerprint density at radius 3 is 2.51 bits per heavy atom. The largest absolute Gasteiger partial charge is 0.388 e. The van der Waals surface area contributed by atoms with Gasteiger partial charge in [0.05, 0.1) is 16.7 Å². The van der Waals surface area contributed by atoms with Gasteiger partial charge in [-0.2, -0.15) is 0 Å². The lowest BCUT2D eigenvalue weighted by molar-refractivity contribution is -0.110. The van der Waals surface area contributed by atoms with E-state index < -0.39 is 17.2 Å². The van der Waals surface area contributed by atoms with E-state index >= 15 is 0 Å². The highest BCUT2D eigenvalue weighted by Crippen LogP contribution is 2.42. The molecule has 1 fully saturated rings. The number of hydrogen-bond donors (Lipinski definition) is 3. The van der Waals surface area contributed by atoms with Gasteiger partial charge in [0.15, 0.2) is 11.6 Å². The van der Waals surface area contributed by atoms with Crippen molar-refractivity contribution in [2.75, 3.05) is 38.5 Å². The number of β-amino-alcohol motifs (C(OH)–C–C–N with tert-alkyl or cyclic N) is 1. The maximum Gasteiger partial charge on any atom is 0.256 e. The van der Waals surface area contributed by atoms with Crippen molar-refractivity contribution >= 4 is 29.2 Å². The third-order valence-corrected chi connectivity index (χ3v) is 8.26. The van der Waals surface area contributed by atoms with Gasteiger partial charge in [-0.05, 0) is 56.1 Å². The van der Waals surface area contributed by atoms with Gasteiger partial charge in [-0.25, -0.2) is 8.78 Å². The average Bonchev–Trinajstić information content (AvgIpc) is 3.41. The van der Waals surface area contributed by atoms with Gasteiger partial charge in [-0.15, -0.1) is 0 Å². The smallest absolute Gasteiger partial charge is 0.256 e. The number of hydrogen-bond acceptors (Lipinski definition) is 4. The number of nitrogens with one attached hydrogen (secondary N) is 2. The number of anilines is 1. The third-order valence-electron chi connectivity index (χ3n) is 8.26. The van der Waals surface area contributed by atoms with Crippen LogP contribution in [-0.2, 0) is 11.2 Å². The predicted molar refractivity (Wildman–Crippen MR) is 145 cm³/mol. The Bertz CT molecular complexity index is 1540. The van der Waals surface area contributed by atoms with Crippen LogP contribution in [0.2, 0.25) is 0 Å². The summed E-state index contributed by atoms with van der Waals surface area (Å²) in [5.41, 5.74) is 3.53. The van der Waals surface area contributed by atoms with Gasteiger partial charge < -0.3 is 25.2 Å². The van der Waals surface area contributed by atoms with Crippen LogP contribution in [0.25, 0.3) is 22.8 Å². The molecule has 1 saturated heterocycles. The monoisotopic (exact) mass is 532 g/mol. The molecule has 0 bridgehead atoms. The van der Waals surface area contributed by atoms with Crippen LogP contribution in [0, 0.1) is 18.6 Å². The second kappa shape index (κ2) is 9.43. The number of piperidine rings is 1. The topological polar surface area (TPSA) is 88.7 Å². The van der Waals surface area contributed by atoms with Gasteiger partial charge in [-0.3, -0.25) is 9.59 Å². The molecule has 4 heterocycles. The second-order valence-corrected chi connectivity index (χ2v) is 10.9. The average molecular weight is 533 g/mol. The third kappa shape index (κ3) is 4.35. The van der Waals surface area contributed by atoms with Gasteiger partial charge in [0.1, 0.15) is 0 Å². The Morgan fingerprint density at radius 2 is 1.74 bits per heavy atom. The number of rotatable bonds is 4. The summed E-state index contributed by atoms with van der Waals surface area (Å²) in [4.78, 5) is 33.8. The van der Waals surface area contributed by atoms with E-state index in [4.69, 9.17) is 0 Å². The highest BCUT2D eigenvalue weighted by molar-refractivity contribution is 6.36. The molecule has 0 unspecified atom stereocenters. The fourth-order valence-electron chi connectivity index (χ4n) is 5.97. The zero-order valence-corrected chi connectivity index (χ0v) is 21.9. The molecule has 3 aliphatic heterocycles. The van der Waals surface area contributed by atoms with Crippen molar-refractivity contribution in [3.63, 3.8) is 0 Å². The summed E-state index contributed by atoms with van der Waals surface area (Å²) >= 11 is 0. The van der Waals surface area contributed by atoms with Crippen molar-refractivity contribution in [3.8, 4) is 11.1 Å². The number of aliphatic hydroxyl groups is 1. The van der Waals surface area contributed by atoms with E-state index in [1.54, 1.807) is 29.2 Å². The van der Waals surface area contributed by atoms with Gasteiger partial charge in [0.25, 0.3) is 11.8 Å². The van der Waals surface area contributed by atoms with Crippen molar-refractivity contribution in [1.82, 2.24) is 14.8 Å². The minimum absolute atomic E-state index is 0.0643. The van der Waals surface area contributed by atoms with Crippen LogP contribution in [0.1, 0.15) is 45.7 Å². The summed E-state index contributed by atoms with van der Waals surface area (Å²) in [7, 11) is 2.03. The van der Waals surface area contributed by atoms with Crippen molar-refractivity contribution in [1.29, 1.82) is 0 Å². The number of fused-ring (bicyclic) bond motifs is 2. The number of benzene rings is 2. The minimum atomic E-state index is -0.979. The summed E-state index contributed by atoms with van der Waals surface area (Å²) in [6, 6.07) is 9.04. The Kier molecular flexibility index (Phi) is 6.15. The number of likely N-dealkylation sites (tertiary alicyclic amines) is 1. The molecule has 0 aliphatic carbocycles. The molecule has 3 aromatic rings. The normalized spacial score (nSPS) is 19.8. The highest BCUT2D eigenvalue weighted by Gasteiger charge is 2.38. The van der Waals surface area contributed by atoms with Crippen LogP contribution >= 0.6 is 0 Å². The molecule has 3 N–H and O–H groups in total. The first-order valence-electron chi connectivity index (χ1n) is 13.2. The van der Waals surface area contributed by atoms with Crippen LogP contribution in [0.4, 0.5) is 14.5 Å². The number of H-pyrrole nitrogens is 1. The lowest BCUT2D eigenvalue weighted by Crippen LogP contribution is -2.52. The molecule has 6 rings (SSSR count). The first-order chi connectivity index (χ1) is 18.6. The molecule has 39 heavy (non-hydrogen) atoms. The lowest BCUT2D eigenvalue weighted by Gasteiger charge is -2.40.